The largest absolute Gasteiger partial charge is 0.322 e. The van der Waals surface area contributed by atoms with Gasteiger partial charge in [0.1, 0.15) is 0 Å². The topological polar surface area (TPSA) is 59.4 Å². The van der Waals surface area contributed by atoms with Gasteiger partial charge in [-0.2, -0.15) is 5.26 Å². The van der Waals surface area contributed by atoms with Gasteiger partial charge in [0, 0.05) is 49.5 Å². The van der Waals surface area contributed by atoms with Gasteiger partial charge in [-0.3, -0.25) is 9.69 Å². The Morgan fingerprint density at radius 2 is 1.77 bits per heavy atom. The third kappa shape index (κ3) is 5.73. The zero-order chi connectivity index (χ0) is 22.6. The number of rotatable bonds is 4. The molecule has 0 radical (unpaired) electrons. The van der Waals surface area contributed by atoms with Gasteiger partial charge in [0.2, 0.25) is 0 Å². The number of nitriles is 1. The maximum absolute atomic E-state index is 13.0. The number of hydrogen-bond donors (Lipinski definition) is 1. The smallest absolute Gasteiger partial charge is 0.255 e. The van der Waals surface area contributed by atoms with Gasteiger partial charge in [0.25, 0.3) is 5.91 Å². The molecule has 3 rings (SSSR count). The fraction of sp³-hybridized carbons (Fsp3) is 0.385. The molecule has 0 unspecified atom stereocenters. The zero-order valence-corrected chi connectivity index (χ0v) is 18.8. The van der Waals surface area contributed by atoms with E-state index >= 15 is 0 Å². The van der Waals surface area contributed by atoms with Crippen LogP contribution in [0.4, 0.5) is 5.69 Å². The molecule has 0 spiro atoms. The van der Waals surface area contributed by atoms with E-state index in [-0.39, 0.29) is 11.3 Å². The van der Waals surface area contributed by atoms with Crippen molar-refractivity contribution in [3.8, 4) is 18.4 Å². The number of carbonyl (C=O) groups is 1. The highest BCUT2D eigenvalue weighted by molar-refractivity contribution is 6.04. The molecule has 160 valence electrons. The van der Waals surface area contributed by atoms with Crippen molar-refractivity contribution < 1.29 is 4.79 Å². The fourth-order valence-corrected chi connectivity index (χ4v) is 3.85. The van der Waals surface area contributed by atoms with Crippen molar-refractivity contribution >= 4 is 11.6 Å². The van der Waals surface area contributed by atoms with Gasteiger partial charge >= 0.3 is 0 Å². The summed E-state index contributed by atoms with van der Waals surface area (Å²) in [6.07, 6.45) is 5.47. The molecule has 1 fully saturated rings. The summed E-state index contributed by atoms with van der Waals surface area (Å²) < 4.78 is 0. The molecule has 31 heavy (non-hydrogen) atoms. The minimum absolute atomic E-state index is 0.0877. The van der Waals surface area contributed by atoms with E-state index in [1.807, 2.05) is 12.1 Å². The molecule has 0 bridgehead atoms. The number of hydrogen-bond acceptors (Lipinski definition) is 4. The molecular weight excluding hydrogens is 384 g/mol. The van der Waals surface area contributed by atoms with Gasteiger partial charge in [0.15, 0.2) is 0 Å². The lowest BCUT2D eigenvalue weighted by atomic mass is 9.82. The molecular formula is C26H30N4O. The second kappa shape index (κ2) is 9.35. The Labute approximate surface area is 185 Å². The highest BCUT2D eigenvalue weighted by Crippen LogP contribution is 2.29. The number of benzene rings is 2. The molecule has 5 nitrogen and oxygen atoms in total. The predicted molar refractivity (Wildman–Crippen MR) is 125 cm³/mol. The number of likely N-dealkylation sites (N-methyl/N-ethyl adjacent to an activating group) is 1. The van der Waals surface area contributed by atoms with Crippen molar-refractivity contribution in [2.75, 3.05) is 38.5 Å². The van der Waals surface area contributed by atoms with Crippen LogP contribution in [0.1, 0.15) is 53.4 Å². The number of piperazine rings is 1. The van der Waals surface area contributed by atoms with Crippen LogP contribution in [0.15, 0.2) is 36.4 Å². The molecule has 1 aliphatic rings. The van der Waals surface area contributed by atoms with Crippen molar-refractivity contribution in [3.63, 3.8) is 0 Å². The van der Waals surface area contributed by atoms with Crippen LogP contribution in [0.2, 0.25) is 0 Å². The lowest BCUT2D eigenvalue weighted by molar-refractivity contribution is 0.102. The normalized spacial score (nSPS) is 15.2. The Hall–Kier alpha value is -3.12. The van der Waals surface area contributed by atoms with E-state index < -0.39 is 0 Å². The average Bonchev–Trinajstić information content (AvgIpc) is 2.74. The molecule has 0 atom stereocenters. The Bertz CT molecular complexity index is 1010. The van der Waals surface area contributed by atoms with Crippen LogP contribution < -0.4 is 5.32 Å². The number of terminal acetylenes is 1. The van der Waals surface area contributed by atoms with Crippen molar-refractivity contribution in [1.82, 2.24) is 9.80 Å². The van der Waals surface area contributed by atoms with Crippen LogP contribution in [0.5, 0.6) is 0 Å². The first kappa shape index (κ1) is 22.6. The summed E-state index contributed by atoms with van der Waals surface area (Å²) in [5.41, 5.74) is 4.45. The minimum atomic E-state index is -0.213. The van der Waals surface area contributed by atoms with E-state index in [9.17, 15) is 10.1 Å². The first-order chi connectivity index (χ1) is 14.7. The van der Waals surface area contributed by atoms with E-state index in [4.69, 9.17) is 6.42 Å². The highest BCUT2D eigenvalue weighted by Gasteiger charge is 2.22. The van der Waals surface area contributed by atoms with E-state index in [1.54, 1.807) is 18.2 Å². The zero-order valence-electron chi connectivity index (χ0n) is 18.8. The number of carbonyl (C=O) groups excluding carboxylic acids is 1. The molecule has 5 heteroatoms. The lowest BCUT2D eigenvalue weighted by Gasteiger charge is -2.34. The van der Waals surface area contributed by atoms with Gasteiger partial charge in [-0.05, 0) is 53.9 Å². The summed E-state index contributed by atoms with van der Waals surface area (Å²) in [5, 5.41) is 12.1. The summed E-state index contributed by atoms with van der Waals surface area (Å²) in [6.45, 7) is 11.7. The van der Waals surface area contributed by atoms with Gasteiger partial charge in [-0.15, -0.1) is 6.42 Å². The first-order valence-corrected chi connectivity index (χ1v) is 10.6. The lowest BCUT2D eigenvalue weighted by Crippen LogP contribution is -2.44. The van der Waals surface area contributed by atoms with Crippen molar-refractivity contribution in [2.24, 2.45) is 0 Å². The third-order valence-electron chi connectivity index (χ3n) is 5.66. The quantitative estimate of drug-likeness (QED) is 0.773. The van der Waals surface area contributed by atoms with Crippen LogP contribution in [-0.2, 0) is 12.0 Å². The van der Waals surface area contributed by atoms with Crippen LogP contribution >= 0.6 is 0 Å². The molecule has 1 N–H and O–H groups in total. The molecule has 0 aliphatic carbocycles. The summed E-state index contributed by atoms with van der Waals surface area (Å²) >= 11 is 0. The van der Waals surface area contributed by atoms with E-state index in [1.165, 1.54) is 11.1 Å². The molecule has 1 saturated heterocycles. The van der Waals surface area contributed by atoms with Crippen LogP contribution in [-0.4, -0.2) is 48.9 Å². The maximum atomic E-state index is 13.0. The maximum Gasteiger partial charge on any atom is 0.255 e. The summed E-state index contributed by atoms with van der Waals surface area (Å²) in [5.74, 6) is 2.31. The van der Waals surface area contributed by atoms with Gasteiger partial charge in [-0.25, -0.2) is 0 Å². The van der Waals surface area contributed by atoms with Crippen LogP contribution in [0.3, 0.4) is 0 Å². The Morgan fingerprint density at radius 3 is 2.39 bits per heavy atom. The van der Waals surface area contributed by atoms with Crippen LogP contribution in [0.25, 0.3) is 0 Å². The molecule has 2 aromatic rings. The molecule has 1 heterocycles. The second-order valence-electron chi connectivity index (χ2n) is 9.21. The predicted octanol–water partition coefficient (Wildman–Crippen LogP) is 3.84. The van der Waals surface area contributed by atoms with Crippen molar-refractivity contribution in [3.05, 3.63) is 64.2 Å². The average molecular weight is 415 g/mol. The molecule has 1 aliphatic heterocycles. The van der Waals surface area contributed by atoms with Gasteiger partial charge < -0.3 is 10.2 Å². The molecule has 2 aromatic carbocycles. The van der Waals surface area contributed by atoms with E-state index in [0.29, 0.717) is 22.4 Å². The minimum Gasteiger partial charge on any atom is -0.322 e. The molecule has 0 saturated carbocycles. The molecule has 0 aromatic heterocycles. The Kier molecular flexibility index (Phi) is 6.81. The second-order valence-corrected chi connectivity index (χ2v) is 9.21. The van der Waals surface area contributed by atoms with Gasteiger partial charge in [-0.1, -0.05) is 32.8 Å². The summed E-state index contributed by atoms with van der Waals surface area (Å²) in [4.78, 5) is 17.8. The fourth-order valence-electron chi connectivity index (χ4n) is 3.85. The number of anilines is 1. The number of amides is 1. The van der Waals surface area contributed by atoms with Crippen molar-refractivity contribution in [1.29, 1.82) is 5.26 Å². The molecule has 1 amide bonds. The number of nitrogens with zero attached hydrogens (tertiary/aromatic N) is 3. The number of nitrogens with one attached hydrogen (secondary N) is 1. The van der Waals surface area contributed by atoms with E-state index in [2.05, 4.69) is 61.0 Å². The SMILES string of the molecule is C#Cc1cc(C#N)cc(NC(=O)c2ccc(CN3CCN(C)CC3)c(C(C)(C)C)c2)c1. The van der Waals surface area contributed by atoms with E-state index in [0.717, 1.165) is 32.7 Å². The summed E-state index contributed by atoms with van der Waals surface area (Å²) in [7, 11) is 2.16. The van der Waals surface area contributed by atoms with Gasteiger partial charge in [0.05, 0.1) is 11.6 Å². The standard InChI is InChI=1S/C26H30N4O/c1-6-19-13-20(17-27)15-23(14-19)28-25(31)21-7-8-22(24(16-21)26(2,3)4)18-30-11-9-29(5)10-12-30/h1,7-8,13-16H,9-12,18H2,2-5H3,(H,28,31). The Morgan fingerprint density at radius 1 is 1.10 bits per heavy atom. The monoisotopic (exact) mass is 414 g/mol. The van der Waals surface area contributed by atoms with Crippen LogP contribution in [0, 0.1) is 23.7 Å². The Balaban J connectivity index is 1.84. The first-order valence-electron chi connectivity index (χ1n) is 10.6. The summed E-state index contributed by atoms with van der Waals surface area (Å²) in [6, 6.07) is 13.0. The van der Waals surface area contributed by atoms with Crippen molar-refractivity contribution in [2.45, 2.75) is 32.7 Å². The third-order valence-corrected chi connectivity index (χ3v) is 5.66. The highest BCUT2D eigenvalue weighted by atomic mass is 16.1.